The van der Waals surface area contributed by atoms with E-state index in [1.807, 2.05) is 85.8 Å². The molecule has 0 unspecified atom stereocenters. The van der Waals surface area contributed by atoms with Gasteiger partial charge in [-0.05, 0) is 143 Å². The van der Waals surface area contributed by atoms with Gasteiger partial charge in [-0.25, -0.2) is 11.0 Å². The number of nitrogens with zero attached hydrogens (tertiary/aromatic N) is 9. The van der Waals surface area contributed by atoms with E-state index in [1.165, 1.54) is 48.2 Å². The van der Waals surface area contributed by atoms with Crippen molar-refractivity contribution in [3.8, 4) is 5.75 Å². The van der Waals surface area contributed by atoms with Crippen molar-refractivity contribution in [1.29, 1.82) is 0 Å². The quantitative estimate of drug-likeness (QED) is 0.0221. The summed E-state index contributed by atoms with van der Waals surface area (Å²) >= 11 is 0. The molecule has 1 fully saturated rings. The molecule has 11 aromatic carbocycles. The van der Waals surface area contributed by atoms with Crippen LogP contribution < -0.4 is 31.7 Å². The Bertz CT molecular complexity index is 5420. The van der Waals surface area contributed by atoms with Crippen LogP contribution in [0.25, 0.3) is 27.8 Å². The van der Waals surface area contributed by atoms with Gasteiger partial charge in [0.15, 0.2) is 0 Å². The Kier molecular flexibility index (Phi) is 32.5. The number of aryl methyl sites for hydroxylation is 1. The maximum Gasteiger partial charge on any atom is 0.314 e. The van der Waals surface area contributed by atoms with Crippen LogP contribution in [0.1, 0.15) is 103 Å². The first-order valence-electron chi connectivity index (χ1n) is 33.8. The highest BCUT2D eigenvalue weighted by Crippen LogP contribution is 2.29. The maximum atomic E-state index is 12.0. The van der Waals surface area contributed by atoms with E-state index in [2.05, 4.69) is 10.3 Å². The van der Waals surface area contributed by atoms with Gasteiger partial charge in [-0.3, -0.25) is 99.2 Å². The summed E-state index contributed by atoms with van der Waals surface area (Å²) in [7, 11) is 0. The third-order valence-electron chi connectivity index (χ3n) is 15.7. The summed E-state index contributed by atoms with van der Waals surface area (Å²) in [5.74, 6) is -6.33. The predicted octanol–water partition coefficient (Wildman–Crippen LogP) is 10.9. The van der Waals surface area contributed by atoms with E-state index in [1.54, 1.807) is 188 Å². The third-order valence-corrected chi connectivity index (χ3v) is 15.7. The molecule has 15 rings (SSSR count). The lowest BCUT2D eigenvalue weighted by atomic mass is 9.95. The van der Waals surface area contributed by atoms with E-state index in [9.17, 15) is 78.4 Å². The Morgan fingerprint density at radius 3 is 1.30 bits per heavy atom. The van der Waals surface area contributed by atoms with Gasteiger partial charge in [0.2, 0.25) is 5.91 Å². The highest BCUT2D eigenvalue weighted by molar-refractivity contribution is 6.25. The van der Waals surface area contributed by atoms with Gasteiger partial charge in [0.05, 0.1) is 50.3 Å². The molecule has 3 aliphatic rings. The van der Waals surface area contributed by atoms with Crippen LogP contribution in [0.2, 0.25) is 0 Å². The van der Waals surface area contributed by atoms with Crippen LogP contribution in [0.3, 0.4) is 0 Å². The Morgan fingerprint density at radius 1 is 0.435 bits per heavy atom. The minimum Gasteiger partial charge on any atom is -0.507 e. The smallest absolute Gasteiger partial charge is 0.314 e. The zero-order valence-electron chi connectivity index (χ0n) is 60.6. The van der Waals surface area contributed by atoms with Crippen molar-refractivity contribution in [2.75, 3.05) is 15.2 Å². The molecule has 0 atom stereocenters. The van der Waals surface area contributed by atoms with Gasteiger partial charge in [0.25, 0.3) is 59.1 Å². The van der Waals surface area contributed by atoms with Gasteiger partial charge in [0, 0.05) is 42.4 Å². The number of para-hydroxylation sites is 4. The number of aromatic nitrogens is 3. The first-order valence-corrected chi connectivity index (χ1v) is 33.8. The molecular weight excluding hydrogens is 1490 g/mol. The second kappa shape index (κ2) is 43.1. The van der Waals surface area contributed by atoms with Crippen LogP contribution in [0.15, 0.2) is 296 Å². The summed E-state index contributed by atoms with van der Waals surface area (Å²) in [5.41, 5.74) is 8.08. The van der Waals surface area contributed by atoms with E-state index in [4.69, 9.17) is 31.1 Å². The number of hydrogen-bond donors (Lipinski definition) is 12. The summed E-state index contributed by atoms with van der Waals surface area (Å²) in [6.45, 7) is 3.07. The molecule has 33 nitrogen and oxygen atoms in total. The fourth-order valence-electron chi connectivity index (χ4n) is 9.97. The van der Waals surface area contributed by atoms with Gasteiger partial charge in [-0.1, -0.05) is 182 Å². The van der Waals surface area contributed by atoms with Crippen LogP contribution in [0.4, 0.5) is 17.1 Å². The minimum atomic E-state index is -0.719. The molecule has 3 aliphatic heterocycles. The molecule has 11 amide bonds. The number of anilines is 3. The van der Waals surface area contributed by atoms with E-state index in [0.717, 1.165) is 16.5 Å². The standard InChI is InChI=1S/C15H13NO2.C14H13NO2.C13H11NO2.C12H7NO3.C8H5NO3.C7H5N3O2.C7H7NO3.C4H5NO3.C2H5NO2/c17-15(12-11-13-7-3-1-4-8-13)16(18)14-9-5-2-6-10-14;1-11-7-5-6-10-13(11)15(17)14(16)12-8-3-2-4-9-12;15-13(11-7-3-1-4-8-11)14(16)12-9-5-2-6-10-12;14-11-8-5-1-3-7-4-2-6-9(10(7)8)12(15)13(11)16;10-7-5-3-1-2-4-6(5)8(11)9(7)12;11-7-5-3-1-2-4-6(5)8-9-10(7)12;9-6-4-2-1-3-5(6)7(10)8-11;6-3-1-2-4(7)5(3)8;1-2(4)3-5/h1-12,18H;2-10,17H,1H3;1-10,16H;1-6,16H;2*1-4,12H;1-4,9,11H,(H,8,10);8H,1-2H2;5H,1H3,(H,3,4). The van der Waals surface area contributed by atoms with E-state index in [0.29, 0.717) is 70.8 Å². The Labute approximate surface area is 652 Å². The van der Waals surface area contributed by atoms with Gasteiger partial charge in [-0.15, -0.1) is 15.2 Å². The Morgan fingerprint density at radius 2 is 0.835 bits per heavy atom. The molecular formula is C82H71N11O22. The summed E-state index contributed by atoms with van der Waals surface area (Å²) < 4.78 is 0. The number of fused-ring (bicyclic) bond motifs is 2. The maximum absolute atomic E-state index is 12.0. The monoisotopic (exact) mass is 1560 g/mol. The number of amides is 11. The summed E-state index contributed by atoms with van der Waals surface area (Å²) in [4.78, 5) is 133. The second-order valence-electron chi connectivity index (χ2n) is 23.4. The normalized spacial score (nSPS) is 11.8. The molecule has 4 heterocycles. The van der Waals surface area contributed by atoms with E-state index in [-0.39, 0.29) is 55.3 Å². The number of aromatic hydroxyl groups is 1. The molecule has 1 aromatic heterocycles. The lowest BCUT2D eigenvalue weighted by Crippen LogP contribution is -2.37. The molecule has 0 aliphatic carbocycles. The molecule has 1 saturated heterocycles. The largest absolute Gasteiger partial charge is 0.507 e. The molecule has 33 heteroatoms. The van der Waals surface area contributed by atoms with Crippen LogP contribution >= 0.6 is 0 Å². The predicted molar refractivity (Wildman–Crippen MR) is 411 cm³/mol. The molecule has 12 N–H and O–H groups in total. The minimum absolute atomic E-state index is 0.0509. The van der Waals surface area contributed by atoms with Crippen molar-refractivity contribution < 1.29 is 105 Å². The average Bonchev–Trinajstić information content (AvgIpc) is 1.43. The number of rotatable bonds is 8. The molecule has 0 spiro atoms. The first kappa shape index (κ1) is 86.8. The lowest BCUT2D eigenvalue weighted by Gasteiger charge is -2.21. The van der Waals surface area contributed by atoms with Crippen LogP contribution in [0, 0.1) is 6.92 Å². The molecule has 0 saturated carbocycles. The number of benzene rings is 11. The lowest BCUT2D eigenvalue weighted by molar-refractivity contribution is -0.171. The van der Waals surface area contributed by atoms with Gasteiger partial charge < -0.3 is 10.3 Å². The SMILES string of the molecule is CC(=O)NO.Cc1ccccc1N(O)C(=O)c1ccccc1.O=C(C=Cc1ccccc1)N(O)c1ccccc1.O=C(NO)c1ccccc1O.O=C(c1ccccc1)N(O)c1ccccc1.O=C1CCC(=O)N1O.O=C1c2cccc3cccc(c23)C(=O)N1O.O=C1c2ccccc2C(=O)N1O.O=c1c2ccccc2nnn1O. The van der Waals surface area contributed by atoms with Crippen molar-refractivity contribution in [3.63, 3.8) is 0 Å². The highest BCUT2D eigenvalue weighted by Gasteiger charge is 2.35. The fourth-order valence-corrected chi connectivity index (χ4v) is 9.97. The highest BCUT2D eigenvalue weighted by atomic mass is 16.5. The zero-order chi connectivity index (χ0) is 83.7. The van der Waals surface area contributed by atoms with Crippen molar-refractivity contribution in [2.45, 2.75) is 26.7 Å². The topological polar surface area (TPSA) is 481 Å². The third kappa shape index (κ3) is 24.0. The van der Waals surface area contributed by atoms with Crippen molar-refractivity contribution in [1.82, 2.24) is 41.3 Å². The number of phenols is 1. The number of hydroxylamine groups is 11. The molecule has 12 aromatic rings. The van der Waals surface area contributed by atoms with Crippen molar-refractivity contribution in [3.05, 3.63) is 352 Å². The number of carbonyl (C=O) groups excluding carboxylic acids is 11. The van der Waals surface area contributed by atoms with Crippen molar-refractivity contribution in [2.24, 2.45) is 0 Å². The van der Waals surface area contributed by atoms with Gasteiger partial charge in [0.1, 0.15) is 11.3 Å². The number of imide groups is 3. The molecule has 586 valence electrons. The number of phenolic OH excluding ortho intramolecular Hbond substituents is 1. The zero-order valence-corrected chi connectivity index (χ0v) is 60.6. The molecule has 115 heavy (non-hydrogen) atoms. The summed E-state index contributed by atoms with van der Waals surface area (Å²) in [6, 6.07) is 80.6. The van der Waals surface area contributed by atoms with Gasteiger partial charge >= 0.3 is 5.56 Å². The van der Waals surface area contributed by atoms with Crippen molar-refractivity contribution >= 4 is 110 Å². The summed E-state index contributed by atoms with van der Waals surface area (Å²) in [6.07, 6.45) is 3.29. The Balaban J connectivity index is 0.000000182. The number of nitrogens with one attached hydrogen (secondary N) is 2. The van der Waals surface area contributed by atoms with E-state index < -0.39 is 70.5 Å². The summed E-state index contributed by atoms with van der Waals surface area (Å²) in [5, 5.41) is 101. The van der Waals surface area contributed by atoms with Crippen LogP contribution in [-0.4, -0.2) is 147 Å². The molecule has 0 radical (unpaired) electrons. The fraction of sp³-hybridized carbons (Fsp3) is 0.0488. The van der Waals surface area contributed by atoms with E-state index >= 15 is 0 Å². The first-order chi connectivity index (χ1) is 55.2. The Hall–Kier alpha value is -15.5. The van der Waals surface area contributed by atoms with Crippen LogP contribution in [-0.2, 0) is 19.2 Å². The molecule has 0 bridgehead atoms. The van der Waals surface area contributed by atoms with Gasteiger partial charge in [-0.2, -0.15) is 20.3 Å². The number of hydrogen-bond acceptors (Lipinski definition) is 24. The number of carbonyl (C=O) groups is 11. The second-order valence-corrected chi connectivity index (χ2v) is 23.4. The van der Waals surface area contributed by atoms with Crippen LogP contribution in [0.5, 0.6) is 5.75 Å². The average molecular weight is 1560 g/mol.